The average molecular weight is 1630 g/mol. The Morgan fingerprint density at radius 1 is 0.483 bits per heavy atom. The van der Waals surface area contributed by atoms with E-state index in [1.54, 1.807) is 88.5 Å². The van der Waals surface area contributed by atoms with E-state index in [1.165, 1.54) is 20.8 Å². The summed E-state index contributed by atoms with van der Waals surface area (Å²) in [7, 11) is 0. The fourth-order valence-electron chi connectivity index (χ4n) is 12.2. The fourth-order valence-corrected chi connectivity index (χ4v) is 12.2. The number of nitrogens with zero attached hydrogens (tertiary/aromatic N) is 1. The fraction of sp³-hybridized carbons (Fsp3) is 0.554. The predicted molar refractivity (Wildman–Crippen MR) is 411 cm³/mol. The molecule has 1 aliphatic rings. The molecule has 0 saturated carbocycles. The molecule has 2 aromatic carbocycles. The Bertz CT molecular complexity index is 4020. The van der Waals surface area contributed by atoms with Gasteiger partial charge < -0.3 is 122 Å². The van der Waals surface area contributed by atoms with Gasteiger partial charge in [0.1, 0.15) is 72.5 Å². The Morgan fingerprint density at radius 2 is 0.940 bits per heavy atom. The number of likely N-dealkylation sites (tertiary alicyclic amines) is 1. The van der Waals surface area contributed by atoms with Gasteiger partial charge in [0.2, 0.25) is 100 Å². The number of aromatic nitrogens is 1. The molecular weight excluding hydrogens is 1520 g/mol. The maximum absolute atomic E-state index is 15.1. The van der Waals surface area contributed by atoms with Crippen molar-refractivity contribution in [2.75, 3.05) is 26.2 Å². The number of primary amides is 3. The van der Waals surface area contributed by atoms with E-state index >= 15 is 4.79 Å². The quantitative estimate of drug-likeness (QED) is 0.0250. The van der Waals surface area contributed by atoms with Crippen molar-refractivity contribution in [3.05, 3.63) is 71.9 Å². The summed E-state index contributed by atoms with van der Waals surface area (Å²) in [6.45, 7) is 9.72. The molecule has 26 N–H and O–H groups in total. The van der Waals surface area contributed by atoms with Gasteiger partial charge in [-0.3, -0.25) is 86.3 Å². The first-order valence-electron chi connectivity index (χ1n) is 37.6. The maximum Gasteiger partial charge on any atom is 0.328 e. The van der Waals surface area contributed by atoms with Crippen molar-refractivity contribution in [2.24, 2.45) is 40.7 Å². The van der Waals surface area contributed by atoms with Crippen molar-refractivity contribution in [1.82, 2.24) is 79.0 Å². The molecule has 116 heavy (non-hydrogen) atoms. The third-order valence-corrected chi connectivity index (χ3v) is 18.3. The second kappa shape index (κ2) is 46.8. The number of carbonyl (C=O) groups is 19. The zero-order valence-corrected chi connectivity index (χ0v) is 65.7. The van der Waals surface area contributed by atoms with Crippen molar-refractivity contribution in [3.8, 4) is 0 Å². The predicted octanol–water partition coefficient (Wildman–Crippen LogP) is -7.06. The summed E-state index contributed by atoms with van der Waals surface area (Å²) in [6, 6.07) is -6.01. The van der Waals surface area contributed by atoms with E-state index in [0.717, 1.165) is 11.8 Å². The van der Waals surface area contributed by atoms with Crippen LogP contribution in [0.5, 0.6) is 0 Å². The van der Waals surface area contributed by atoms with E-state index < -0.39 is 273 Å². The molecule has 2 heterocycles. The van der Waals surface area contributed by atoms with Crippen molar-refractivity contribution in [3.63, 3.8) is 0 Å². The lowest BCUT2D eigenvalue weighted by atomic mass is 9.98. The van der Waals surface area contributed by atoms with Gasteiger partial charge in [-0.15, -0.1) is 0 Å². The smallest absolute Gasteiger partial charge is 0.328 e. The molecule has 1 aromatic heterocycles. The van der Waals surface area contributed by atoms with E-state index in [1.807, 2.05) is 0 Å². The number of aliphatic hydroxyl groups is 2. The van der Waals surface area contributed by atoms with Crippen LogP contribution >= 0.6 is 0 Å². The van der Waals surface area contributed by atoms with Gasteiger partial charge in [-0.25, -0.2) is 4.79 Å². The first-order chi connectivity index (χ1) is 54.5. The van der Waals surface area contributed by atoms with Gasteiger partial charge in [0.15, 0.2) is 0 Å². The Kier molecular flexibility index (Phi) is 38.8. The van der Waals surface area contributed by atoms with Crippen LogP contribution in [0.3, 0.4) is 0 Å². The standard InChI is InChI=1S/C74H109N19O23/c1-35(2)25-46(65(106)84-47(26-36(3)4)66(107)88-50(29-56(78)98)70(111)92-61(39(8)95)72(113)81-32-57(99)80-33-58(100)93-24-14-19-53(93)71(112)90-52(34-94)74(115)116)85-67(108)49(28-41-31-79-43-18-13-12-17-42(41)43)87-64(105)45(21-23-55(77)97)83-73(114)60(37(5)6)91-69(110)48(27-40-15-10-9-11-16-40)86-68(109)51(30-59(101)102)89-63(104)44(20-22-54(76)96)82-62(103)38(7)75/h9-13,15-18,31,35-39,44-53,60-61,79,94-95H,14,19-30,32-34,75H2,1-8H3,(H2,76,96)(H2,77,97)(H2,78,98)(H,80,99)(H,81,113)(H,82,103)(H,83,114)(H,84,106)(H,85,108)(H,86,109)(H,87,105)(H,88,107)(H,89,104)(H,90,112)(H,91,110)(H,92,111)(H,101,102)(H,115,116)/t38-,39+,44-,45-,46-,47-,48-,49-,50-,51-,52-,53-,60-,61-/m0/s1. The lowest BCUT2D eigenvalue weighted by molar-refractivity contribution is -0.145. The molecule has 1 fully saturated rings. The summed E-state index contributed by atoms with van der Waals surface area (Å²) < 4.78 is 0. The maximum atomic E-state index is 15.1. The van der Waals surface area contributed by atoms with Gasteiger partial charge in [0, 0.05) is 49.3 Å². The Labute approximate surface area is 667 Å². The lowest BCUT2D eigenvalue weighted by Crippen LogP contribution is -2.62. The number of nitrogens with two attached hydrogens (primary N) is 4. The molecular formula is C74H109N19O23. The van der Waals surface area contributed by atoms with Gasteiger partial charge >= 0.3 is 11.9 Å². The van der Waals surface area contributed by atoms with Gasteiger partial charge in [0.05, 0.1) is 44.7 Å². The number of benzene rings is 2. The molecule has 0 bridgehead atoms. The molecule has 1 aliphatic heterocycles. The van der Waals surface area contributed by atoms with Crippen LogP contribution in [0.15, 0.2) is 60.8 Å². The third kappa shape index (κ3) is 32.0. The number of carboxylic acids is 2. The highest BCUT2D eigenvalue weighted by molar-refractivity contribution is 6.02. The summed E-state index contributed by atoms with van der Waals surface area (Å²) in [5.41, 5.74) is 23.6. The van der Waals surface area contributed by atoms with Crippen LogP contribution in [0.25, 0.3) is 10.9 Å². The van der Waals surface area contributed by atoms with Crippen LogP contribution in [0, 0.1) is 17.8 Å². The SMILES string of the molecule is CC(C)C[C@H](NC(=O)[C@H](Cc1c[nH]c2ccccc12)NC(=O)[C@H](CCC(N)=O)NC(=O)[C@@H](NC(=O)[C@H](Cc1ccccc1)NC(=O)[C@H](CC(=O)O)NC(=O)[C@H](CCC(N)=O)NC(=O)[C@H](C)N)C(C)C)C(=O)N[C@@H](CC(C)C)C(=O)N[C@@H](CC(N)=O)C(=O)N[C@H](C(=O)NCC(=O)NCC(=O)N1CCC[C@H]1C(=O)N[C@@H](CO)C(=O)O)[C@@H](C)O. The van der Waals surface area contributed by atoms with Crippen LogP contribution < -0.4 is 92.1 Å². The topological polar surface area (TPSA) is 685 Å². The highest BCUT2D eigenvalue weighted by atomic mass is 16.4. The number of aliphatic carboxylic acids is 2. The molecule has 638 valence electrons. The summed E-state index contributed by atoms with van der Waals surface area (Å²) in [5.74, 6) is -22.2. The van der Waals surface area contributed by atoms with E-state index in [4.69, 9.17) is 22.9 Å². The van der Waals surface area contributed by atoms with E-state index in [9.17, 15) is 107 Å². The van der Waals surface area contributed by atoms with Crippen molar-refractivity contribution in [1.29, 1.82) is 0 Å². The van der Waals surface area contributed by atoms with Crippen LogP contribution in [0.4, 0.5) is 0 Å². The minimum atomic E-state index is -1.94. The number of H-pyrrole nitrogens is 1. The number of rotatable bonds is 49. The second-order valence-corrected chi connectivity index (χ2v) is 29.3. The Morgan fingerprint density at radius 3 is 1.44 bits per heavy atom. The monoisotopic (exact) mass is 1630 g/mol. The summed E-state index contributed by atoms with van der Waals surface area (Å²) >= 11 is 0. The van der Waals surface area contributed by atoms with Crippen LogP contribution in [-0.4, -0.2) is 254 Å². The minimum Gasteiger partial charge on any atom is -0.481 e. The highest BCUT2D eigenvalue weighted by Gasteiger charge is 2.41. The average Bonchev–Trinajstić information content (AvgIpc) is 1.63. The molecule has 3 aromatic rings. The molecule has 4 rings (SSSR count). The van der Waals surface area contributed by atoms with Crippen LogP contribution in [-0.2, 0) is 104 Å². The van der Waals surface area contributed by atoms with E-state index in [0.29, 0.717) is 28.5 Å². The number of aliphatic hydroxyl groups excluding tert-OH is 2. The number of amides is 17. The molecule has 14 atom stereocenters. The molecule has 0 radical (unpaired) electrons. The first kappa shape index (κ1) is 96.2. The summed E-state index contributed by atoms with van der Waals surface area (Å²) in [4.78, 5) is 260. The van der Waals surface area contributed by atoms with Gasteiger partial charge in [0.25, 0.3) is 0 Å². The Balaban J connectivity index is 1.60. The zero-order valence-electron chi connectivity index (χ0n) is 65.7. The molecule has 42 nitrogen and oxygen atoms in total. The molecule has 0 unspecified atom stereocenters. The normalized spacial score (nSPS) is 15.9. The number of carboxylic acid groups (broad SMARTS) is 2. The lowest BCUT2D eigenvalue weighted by Gasteiger charge is -2.29. The number of nitrogens with one attached hydrogen (secondary N) is 14. The van der Waals surface area contributed by atoms with E-state index in [2.05, 4.69) is 74.1 Å². The molecule has 42 heteroatoms. The number of fused-ring (bicyclic) bond motifs is 1. The molecule has 17 amide bonds. The van der Waals surface area contributed by atoms with Crippen molar-refractivity contribution < 1.29 is 112 Å². The van der Waals surface area contributed by atoms with Crippen molar-refractivity contribution >= 4 is 123 Å². The number of hydrogen-bond acceptors (Lipinski definition) is 22. The summed E-state index contributed by atoms with van der Waals surface area (Å²) in [6.07, 6.45) is -4.49. The van der Waals surface area contributed by atoms with Crippen molar-refractivity contribution in [2.45, 2.75) is 217 Å². The molecule has 0 aliphatic carbocycles. The number of hydrogen-bond donors (Lipinski definition) is 22. The minimum absolute atomic E-state index is 0.0644. The Hall–Kier alpha value is -12.2. The summed E-state index contributed by atoms with van der Waals surface area (Å²) in [5, 5.41) is 70.9. The van der Waals surface area contributed by atoms with Crippen LogP contribution in [0.2, 0.25) is 0 Å². The first-order valence-corrected chi connectivity index (χ1v) is 37.6. The van der Waals surface area contributed by atoms with Gasteiger partial charge in [-0.1, -0.05) is 90.1 Å². The second-order valence-electron chi connectivity index (χ2n) is 29.3. The van der Waals surface area contributed by atoms with Gasteiger partial charge in [-0.05, 0) is 87.3 Å². The molecule has 1 saturated heterocycles. The van der Waals surface area contributed by atoms with E-state index in [-0.39, 0.29) is 38.6 Å². The number of aromatic amines is 1. The largest absolute Gasteiger partial charge is 0.481 e. The third-order valence-electron chi connectivity index (χ3n) is 18.3. The van der Waals surface area contributed by atoms with Gasteiger partial charge in [-0.2, -0.15) is 0 Å². The molecule has 0 spiro atoms. The number of carbonyl (C=O) groups excluding carboxylic acids is 17. The highest BCUT2D eigenvalue weighted by Crippen LogP contribution is 2.22. The number of para-hydroxylation sites is 1. The zero-order chi connectivity index (χ0) is 87.0. The van der Waals surface area contributed by atoms with Crippen LogP contribution in [0.1, 0.15) is 131 Å².